The van der Waals surface area contributed by atoms with E-state index < -0.39 is 0 Å². The van der Waals surface area contributed by atoms with Crippen LogP contribution in [0.1, 0.15) is 30.8 Å². The van der Waals surface area contributed by atoms with Crippen LogP contribution in [0.15, 0.2) is 15.9 Å². The van der Waals surface area contributed by atoms with E-state index in [0.717, 1.165) is 42.0 Å². The molecular formula is C16H21N3O2S. The van der Waals surface area contributed by atoms with E-state index in [9.17, 15) is 4.79 Å². The van der Waals surface area contributed by atoms with Gasteiger partial charge in [0, 0.05) is 16.9 Å². The van der Waals surface area contributed by atoms with Gasteiger partial charge in [0.1, 0.15) is 11.5 Å². The molecule has 2 atom stereocenters. The van der Waals surface area contributed by atoms with Crippen molar-refractivity contribution >= 4 is 22.4 Å². The second-order valence-corrected chi connectivity index (χ2v) is 6.75. The van der Waals surface area contributed by atoms with Crippen LogP contribution >= 0.6 is 11.3 Å². The Balaban J connectivity index is 1.72. The van der Waals surface area contributed by atoms with E-state index in [1.54, 1.807) is 0 Å². The zero-order valence-electron chi connectivity index (χ0n) is 12.9. The van der Waals surface area contributed by atoms with Gasteiger partial charge in [0.2, 0.25) is 5.91 Å². The van der Waals surface area contributed by atoms with Crippen molar-refractivity contribution in [1.82, 2.24) is 4.98 Å². The molecule has 0 unspecified atom stereocenters. The molecule has 0 radical (unpaired) electrons. The van der Waals surface area contributed by atoms with E-state index in [0.29, 0.717) is 17.6 Å². The molecule has 0 aliphatic heterocycles. The third-order valence-electron chi connectivity index (χ3n) is 4.35. The Bertz CT molecular complexity index is 677. The molecule has 1 fully saturated rings. The van der Waals surface area contributed by atoms with E-state index in [1.807, 2.05) is 25.3 Å². The molecule has 0 aromatic carbocycles. The van der Waals surface area contributed by atoms with Crippen molar-refractivity contribution in [2.45, 2.75) is 33.1 Å². The third kappa shape index (κ3) is 2.94. The zero-order valence-corrected chi connectivity index (χ0v) is 13.7. The van der Waals surface area contributed by atoms with Gasteiger partial charge in [-0.1, -0.05) is 6.42 Å². The number of nitrogens with zero attached hydrogens (tertiary/aromatic N) is 1. The predicted octanol–water partition coefficient (Wildman–Crippen LogP) is 3.33. The average Bonchev–Trinajstić information content (AvgIpc) is 3.18. The van der Waals surface area contributed by atoms with Gasteiger partial charge in [-0.15, -0.1) is 11.3 Å². The molecule has 1 aliphatic carbocycles. The number of thiazole rings is 1. The maximum Gasteiger partial charge on any atom is 0.229 e. The van der Waals surface area contributed by atoms with Crippen LogP contribution in [-0.2, 0) is 4.79 Å². The second kappa shape index (κ2) is 6.22. The largest absolute Gasteiger partial charge is 0.466 e. The van der Waals surface area contributed by atoms with Gasteiger partial charge in [0.25, 0.3) is 0 Å². The quantitative estimate of drug-likeness (QED) is 0.905. The highest BCUT2D eigenvalue weighted by atomic mass is 32.1. The molecule has 0 saturated heterocycles. The first-order valence-electron chi connectivity index (χ1n) is 7.62. The molecule has 2 heterocycles. The summed E-state index contributed by atoms with van der Waals surface area (Å²) in [4.78, 5) is 16.9. The fraction of sp³-hybridized carbons (Fsp3) is 0.500. The molecule has 1 amide bonds. The first-order chi connectivity index (χ1) is 10.6. The molecule has 2 aromatic rings. The summed E-state index contributed by atoms with van der Waals surface area (Å²) in [5, 5.41) is 5.53. The van der Waals surface area contributed by atoms with E-state index in [1.165, 1.54) is 11.3 Å². The molecule has 3 N–H and O–H groups in total. The summed E-state index contributed by atoms with van der Waals surface area (Å²) < 4.78 is 5.53. The maximum atomic E-state index is 12.4. The lowest BCUT2D eigenvalue weighted by Crippen LogP contribution is -2.29. The van der Waals surface area contributed by atoms with Crippen LogP contribution in [0.2, 0.25) is 0 Å². The van der Waals surface area contributed by atoms with Gasteiger partial charge in [-0.2, -0.15) is 0 Å². The van der Waals surface area contributed by atoms with Crippen molar-refractivity contribution in [2.75, 3.05) is 11.9 Å². The van der Waals surface area contributed by atoms with Crippen molar-refractivity contribution in [3.63, 3.8) is 0 Å². The highest BCUT2D eigenvalue weighted by Gasteiger charge is 2.32. The van der Waals surface area contributed by atoms with Gasteiger partial charge >= 0.3 is 0 Å². The van der Waals surface area contributed by atoms with Gasteiger partial charge in [-0.25, -0.2) is 4.98 Å². The second-order valence-electron chi connectivity index (χ2n) is 5.89. The minimum absolute atomic E-state index is 0.0234. The number of aryl methyl sites for hydroxylation is 2. The third-order valence-corrected chi connectivity index (χ3v) is 5.11. The summed E-state index contributed by atoms with van der Waals surface area (Å²) in [7, 11) is 0. The van der Waals surface area contributed by atoms with Gasteiger partial charge in [-0.3, -0.25) is 4.79 Å². The Morgan fingerprint density at radius 3 is 3.00 bits per heavy atom. The number of anilines is 1. The molecule has 5 nitrogen and oxygen atoms in total. The fourth-order valence-electron chi connectivity index (χ4n) is 3.20. The summed E-state index contributed by atoms with van der Waals surface area (Å²) >= 11 is 1.44. The molecule has 1 saturated carbocycles. The normalized spacial score (nSPS) is 21.2. The maximum absolute atomic E-state index is 12.4. The molecule has 0 spiro atoms. The minimum Gasteiger partial charge on any atom is -0.466 e. The summed E-state index contributed by atoms with van der Waals surface area (Å²) in [6.07, 6.45) is 3.05. The number of furan rings is 1. The van der Waals surface area contributed by atoms with E-state index in [2.05, 4.69) is 10.3 Å². The van der Waals surface area contributed by atoms with E-state index in [4.69, 9.17) is 10.2 Å². The fourth-order valence-corrected chi connectivity index (χ4v) is 3.92. The van der Waals surface area contributed by atoms with Crippen LogP contribution in [0.5, 0.6) is 0 Å². The Labute approximate surface area is 133 Å². The lowest BCUT2D eigenvalue weighted by Gasteiger charge is -2.16. The topological polar surface area (TPSA) is 81.2 Å². The standard InChI is InChI=1S/C16H21N3O2S/c1-9-6-13(10(2)21-9)14-8-22-16(18-14)19-15(20)12-5-3-4-11(12)7-17/h6,8,11-12H,3-5,7,17H2,1-2H3,(H,18,19,20)/t11-,12-/m1/s1. The smallest absolute Gasteiger partial charge is 0.229 e. The Morgan fingerprint density at radius 2 is 2.32 bits per heavy atom. The highest BCUT2D eigenvalue weighted by Crippen LogP contribution is 2.33. The van der Waals surface area contributed by atoms with Gasteiger partial charge in [0.15, 0.2) is 5.13 Å². The lowest BCUT2D eigenvalue weighted by atomic mass is 9.95. The number of rotatable bonds is 4. The molecule has 118 valence electrons. The molecule has 1 aliphatic rings. The van der Waals surface area contributed by atoms with Gasteiger partial charge in [-0.05, 0) is 45.2 Å². The number of nitrogens with one attached hydrogen (secondary N) is 1. The monoisotopic (exact) mass is 319 g/mol. The summed E-state index contributed by atoms with van der Waals surface area (Å²) in [5.74, 6) is 2.09. The van der Waals surface area contributed by atoms with E-state index >= 15 is 0 Å². The molecule has 3 rings (SSSR count). The lowest BCUT2D eigenvalue weighted by molar-refractivity contribution is -0.120. The number of nitrogens with two attached hydrogens (primary N) is 1. The molecular weight excluding hydrogens is 298 g/mol. The van der Waals surface area contributed by atoms with Crippen molar-refractivity contribution in [2.24, 2.45) is 17.6 Å². The van der Waals surface area contributed by atoms with Crippen LogP contribution in [0, 0.1) is 25.7 Å². The zero-order chi connectivity index (χ0) is 15.7. The van der Waals surface area contributed by atoms with Crippen LogP contribution in [0.25, 0.3) is 11.3 Å². The van der Waals surface area contributed by atoms with Crippen LogP contribution in [-0.4, -0.2) is 17.4 Å². The average molecular weight is 319 g/mol. The predicted molar refractivity (Wildman–Crippen MR) is 87.8 cm³/mol. The number of hydrogen-bond donors (Lipinski definition) is 2. The SMILES string of the molecule is Cc1cc(-c2csc(NC(=O)[C@@H]3CCC[C@@H]3CN)n2)c(C)o1. The number of carbonyl (C=O) groups excluding carboxylic acids is 1. The van der Waals surface area contributed by atoms with Gasteiger partial charge < -0.3 is 15.5 Å². The number of hydrogen-bond acceptors (Lipinski definition) is 5. The van der Waals surface area contributed by atoms with Crippen LogP contribution < -0.4 is 11.1 Å². The number of carbonyl (C=O) groups is 1. The Kier molecular flexibility index (Phi) is 4.31. The van der Waals surface area contributed by atoms with Crippen molar-refractivity contribution < 1.29 is 9.21 Å². The minimum atomic E-state index is 0.0234. The Morgan fingerprint density at radius 1 is 1.50 bits per heavy atom. The molecule has 22 heavy (non-hydrogen) atoms. The molecule has 6 heteroatoms. The van der Waals surface area contributed by atoms with Crippen molar-refractivity contribution in [3.05, 3.63) is 23.0 Å². The van der Waals surface area contributed by atoms with Crippen LogP contribution in [0.4, 0.5) is 5.13 Å². The summed E-state index contributed by atoms with van der Waals surface area (Å²) in [5.41, 5.74) is 7.58. The van der Waals surface area contributed by atoms with Gasteiger partial charge in [0.05, 0.1) is 5.69 Å². The first kappa shape index (κ1) is 15.2. The van der Waals surface area contributed by atoms with Crippen molar-refractivity contribution in [1.29, 1.82) is 0 Å². The molecule has 0 bridgehead atoms. The van der Waals surface area contributed by atoms with Crippen molar-refractivity contribution in [3.8, 4) is 11.3 Å². The number of aromatic nitrogens is 1. The summed E-state index contributed by atoms with van der Waals surface area (Å²) in [6, 6.07) is 1.97. The van der Waals surface area contributed by atoms with Crippen LogP contribution in [0.3, 0.4) is 0 Å². The van der Waals surface area contributed by atoms with E-state index in [-0.39, 0.29) is 11.8 Å². The number of amides is 1. The first-order valence-corrected chi connectivity index (χ1v) is 8.50. The highest BCUT2D eigenvalue weighted by molar-refractivity contribution is 7.14. The Hall–Kier alpha value is -1.66. The summed E-state index contributed by atoms with van der Waals surface area (Å²) in [6.45, 7) is 4.41. The molecule has 2 aromatic heterocycles.